The van der Waals surface area contributed by atoms with Crippen LogP contribution in [0.1, 0.15) is 30.9 Å². The zero-order chi connectivity index (χ0) is 15.0. The number of hydrogen-bond donors (Lipinski definition) is 1. The van der Waals surface area contributed by atoms with Gasteiger partial charge in [0.1, 0.15) is 21.5 Å². The molecule has 2 aliphatic heterocycles. The summed E-state index contributed by atoms with van der Waals surface area (Å²) in [5, 5.41) is 17.5. The first-order valence-corrected chi connectivity index (χ1v) is 9.11. The molecule has 1 fully saturated rings. The maximum atomic E-state index is 11.5. The molecule has 0 bridgehead atoms. The minimum absolute atomic E-state index is 0.246. The van der Waals surface area contributed by atoms with Crippen LogP contribution in [0.15, 0.2) is 0 Å². The van der Waals surface area contributed by atoms with Gasteiger partial charge in [-0.2, -0.15) is 0 Å². The molecule has 2 aliphatic rings. The predicted molar refractivity (Wildman–Crippen MR) is 74.6 cm³/mol. The van der Waals surface area contributed by atoms with E-state index in [2.05, 4.69) is 10.2 Å². The molecule has 0 saturated carbocycles. The van der Waals surface area contributed by atoms with Gasteiger partial charge in [-0.15, -0.1) is 10.2 Å². The minimum atomic E-state index is -2.85. The van der Waals surface area contributed by atoms with Crippen molar-refractivity contribution in [2.24, 2.45) is 11.8 Å². The van der Waals surface area contributed by atoms with E-state index in [1.165, 1.54) is 0 Å². The van der Waals surface area contributed by atoms with Gasteiger partial charge >= 0.3 is 5.97 Å². The van der Waals surface area contributed by atoms with Crippen LogP contribution in [-0.2, 0) is 34.0 Å². The van der Waals surface area contributed by atoms with Crippen LogP contribution in [0.2, 0.25) is 0 Å². The molecule has 21 heavy (non-hydrogen) atoms. The summed E-state index contributed by atoms with van der Waals surface area (Å²) in [6, 6.07) is 0. The molecule has 1 unspecified atom stereocenters. The van der Waals surface area contributed by atoms with Crippen LogP contribution in [0.3, 0.4) is 0 Å². The number of aliphatic carboxylic acids is 1. The van der Waals surface area contributed by atoms with Crippen LogP contribution in [0.5, 0.6) is 0 Å². The smallest absolute Gasteiger partial charge is 0.308 e. The zero-order valence-electron chi connectivity index (χ0n) is 11.7. The van der Waals surface area contributed by atoms with Crippen molar-refractivity contribution >= 4 is 15.8 Å². The standard InChI is InChI=1S/C13H19N3O4S/c17-13(18)10-1-2-11-14-15-12(16(11)8-10)7-9-3-5-21(19,20)6-4-9/h9-10H,1-8H2,(H,17,18). The molecule has 0 radical (unpaired) electrons. The maximum Gasteiger partial charge on any atom is 0.308 e. The van der Waals surface area contributed by atoms with Gasteiger partial charge < -0.3 is 9.67 Å². The van der Waals surface area contributed by atoms with Gasteiger partial charge in [0, 0.05) is 19.4 Å². The van der Waals surface area contributed by atoms with Crippen molar-refractivity contribution in [3.05, 3.63) is 11.6 Å². The normalized spacial score (nSPS) is 25.4. The van der Waals surface area contributed by atoms with Gasteiger partial charge in [-0.1, -0.05) is 0 Å². The lowest BCUT2D eigenvalue weighted by molar-refractivity contribution is -0.142. The molecular weight excluding hydrogens is 294 g/mol. The Morgan fingerprint density at radius 1 is 1.24 bits per heavy atom. The second kappa shape index (κ2) is 5.40. The fourth-order valence-electron chi connectivity index (χ4n) is 3.14. The zero-order valence-corrected chi connectivity index (χ0v) is 12.5. The largest absolute Gasteiger partial charge is 0.481 e. The van der Waals surface area contributed by atoms with Crippen molar-refractivity contribution in [3.8, 4) is 0 Å². The molecule has 8 heteroatoms. The monoisotopic (exact) mass is 313 g/mol. The number of rotatable bonds is 3. The van der Waals surface area contributed by atoms with Crippen LogP contribution >= 0.6 is 0 Å². The number of carboxylic acids is 1. The average Bonchev–Trinajstić information content (AvgIpc) is 2.83. The van der Waals surface area contributed by atoms with Crippen molar-refractivity contribution in [1.29, 1.82) is 0 Å². The summed E-state index contributed by atoms with van der Waals surface area (Å²) in [7, 11) is -2.85. The summed E-state index contributed by atoms with van der Waals surface area (Å²) >= 11 is 0. The van der Waals surface area contributed by atoms with Gasteiger partial charge in [-0.05, 0) is 25.2 Å². The quantitative estimate of drug-likeness (QED) is 0.860. The third-order valence-corrected chi connectivity index (χ3v) is 6.23. The van der Waals surface area contributed by atoms with E-state index in [0.717, 1.165) is 11.6 Å². The van der Waals surface area contributed by atoms with Crippen LogP contribution in [0, 0.1) is 11.8 Å². The third kappa shape index (κ3) is 3.09. The highest BCUT2D eigenvalue weighted by molar-refractivity contribution is 7.91. The Bertz CT molecular complexity index is 638. The van der Waals surface area contributed by atoms with E-state index in [4.69, 9.17) is 5.11 Å². The number of hydrogen-bond acceptors (Lipinski definition) is 5. The van der Waals surface area contributed by atoms with Gasteiger partial charge in [0.05, 0.1) is 17.4 Å². The highest BCUT2D eigenvalue weighted by Gasteiger charge is 2.29. The number of nitrogens with zero attached hydrogens (tertiary/aromatic N) is 3. The summed E-state index contributed by atoms with van der Waals surface area (Å²) < 4.78 is 24.8. The van der Waals surface area contributed by atoms with E-state index >= 15 is 0 Å². The molecule has 1 aromatic heterocycles. The van der Waals surface area contributed by atoms with E-state index in [9.17, 15) is 13.2 Å². The van der Waals surface area contributed by atoms with E-state index in [0.29, 0.717) is 44.6 Å². The first kappa shape index (κ1) is 14.5. The Morgan fingerprint density at radius 3 is 2.62 bits per heavy atom. The Morgan fingerprint density at radius 2 is 1.95 bits per heavy atom. The summed E-state index contributed by atoms with van der Waals surface area (Å²) in [5.74, 6) is 1.30. The number of carboxylic acid groups (broad SMARTS) is 1. The van der Waals surface area contributed by atoms with Crippen molar-refractivity contribution in [2.75, 3.05) is 11.5 Å². The maximum absolute atomic E-state index is 11.5. The van der Waals surface area contributed by atoms with Gasteiger partial charge in [0.25, 0.3) is 0 Å². The number of carbonyl (C=O) groups is 1. The second-order valence-electron chi connectivity index (χ2n) is 6.02. The second-order valence-corrected chi connectivity index (χ2v) is 8.32. The average molecular weight is 313 g/mol. The molecule has 1 saturated heterocycles. The van der Waals surface area contributed by atoms with Gasteiger partial charge in [0.15, 0.2) is 0 Å². The topological polar surface area (TPSA) is 102 Å². The van der Waals surface area contributed by atoms with Crippen LogP contribution in [0.4, 0.5) is 0 Å². The summed E-state index contributed by atoms with van der Waals surface area (Å²) in [4.78, 5) is 11.1. The molecule has 1 aromatic rings. The van der Waals surface area contributed by atoms with Crippen molar-refractivity contribution in [3.63, 3.8) is 0 Å². The van der Waals surface area contributed by atoms with E-state index in [1.54, 1.807) is 0 Å². The minimum Gasteiger partial charge on any atom is -0.481 e. The first-order chi connectivity index (χ1) is 9.94. The SMILES string of the molecule is O=C(O)C1CCc2nnc(CC3CCS(=O)(=O)CC3)n2C1. The molecule has 0 amide bonds. The van der Waals surface area contributed by atoms with Crippen LogP contribution in [0.25, 0.3) is 0 Å². The Kier molecular flexibility index (Phi) is 3.73. The summed E-state index contributed by atoms with van der Waals surface area (Å²) in [5.41, 5.74) is 0. The van der Waals surface area contributed by atoms with Crippen LogP contribution < -0.4 is 0 Å². The van der Waals surface area contributed by atoms with Gasteiger partial charge in [-0.25, -0.2) is 8.42 Å². The Labute approximate surface area is 123 Å². The molecule has 7 nitrogen and oxygen atoms in total. The lowest BCUT2D eigenvalue weighted by Gasteiger charge is -2.24. The number of sulfone groups is 1. The van der Waals surface area contributed by atoms with Crippen molar-refractivity contribution in [1.82, 2.24) is 14.8 Å². The lowest BCUT2D eigenvalue weighted by Crippen LogP contribution is -2.29. The fourth-order valence-corrected chi connectivity index (χ4v) is 4.73. The molecule has 3 rings (SSSR count). The highest BCUT2D eigenvalue weighted by Crippen LogP contribution is 2.25. The van der Waals surface area contributed by atoms with Crippen LogP contribution in [-0.4, -0.2) is 45.8 Å². The molecule has 3 heterocycles. The van der Waals surface area contributed by atoms with E-state index in [-0.39, 0.29) is 17.4 Å². The lowest BCUT2D eigenvalue weighted by atomic mass is 9.96. The van der Waals surface area contributed by atoms with Crippen molar-refractivity contribution < 1.29 is 18.3 Å². The molecule has 1 atom stereocenters. The Hall–Kier alpha value is -1.44. The predicted octanol–water partition coefficient (Wildman–Crippen LogP) is 0.292. The molecule has 0 aliphatic carbocycles. The number of aromatic nitrogens is 3. The Balaban J connectivity index is 1.70. The van der Waals surface area contributed by atoms with Crippen molar-refractivity contribution in [2.45, 2.75) is 38.6 Å². The first-order valence-electron chi connectivity index (χ1n) is 7.29. The van der Waals surface area contributed by atoms with E-state index < -0.39 is 15.8 Å². The third-order valence-electron chi connectivity index (χ3n) is 4.52. The molecule has 116 valence electrons. The summed E-state index contributed by atoms with van der Waals surface area (Å²) in [6.45, 7) is 0.429. The van der Waals surface area contributed by atoms with E-state index in [1.807, 2.05) is 4.57 Å². The summed E-state index contributed by atoms with van der Waals surface area (Å²) in [6.07, 6.45) is 3.26. The molecule has 1 N–H and O–H groups in total. The number of fused-ring (bicyclic) bond motifs is 1. The number of aryl methyl sites for hydroxylation is 1. The molecule has 0 spiro atoms. The van der Waals surface area contributed by atoms with Gasteiger partial charge in [0.2, 0.25) is 0 Å². The highest BCUT2D eigenvalue weighted by atomic mass is 32.2. The molecular formula is C13H19N3O4S. The fraction of sp³-hybridized carbons (Fsp3) is 0.769. The van der Waals surface area contributed by atoms with Gasteiger partial charge in [-0.3, -0.25) is 4.79 Å². The molecule has 0 aromatic carbocycles.